The minimum absolute atomic E-state index is 0.297. The number of hydrogen-bond donors (Lipinski definition) is 1. The molecular weight excluding hydrogens is 198 g/mol. The van der Waals surface area contributed by atoms with E-state index >= 15 is 0 Å². The van der Waals surface area contributed by atoms with Gasteiger partial charge in [-0.1, -0.05) is 6.92 Å². The molecule has 0 saturated heterocycles. The van der Waals surface area contributed by atoms with Crippen LogP contribution in [-0.4, -0.2) is 16.3 Å². The number of nitrogens with one attached hydrogen (secondary N) is 1. The maximum absolute atomic E-state index is 4.45. The van der Waals surface area contributed by atoms with Gasteiger partial charge < -0.3 is 5.32 Å². The summed E-state index contributed by atoms with van der Waals surface area (Å²) >= 11 is 0. The minimum atomic E-state index is 0.297. The van der Waals surface area contributed by atoms with Crippen molar-refractivity contribution in [3.63, 3.8) is 0 Å². The van der Waals surface area contributed by atoms with E-state index in [9.17, 15) is 0 Å². The number of aromatic nitrogens is 2. The van der Waals surface area contributed by atoms with E-state index in [-0.39, 0.29) is 0 Å². The third kappa shape index (κ3) is 2.65. The van der Waals surface area contributed by atoms with Gasteiger partial charge in [-0.05, 0) is 27.3 Å². The van der Waals surface area contributed by atoms with Crippen LogP contribution in [0.3, 0.4) is 0 Å². The molecule has 1 heterocycles. The lowest BCUT2D eigenvalue weighted by Gasteiger charge is -2.16. The van der Waals surface area contributed by atoms with Gasteiger partial charge >= 0.3 is 0 Å². The molecule has 1 aromatic heterocycles. The molecule has 0 saturated carbocycles. The average Bonchev–Trinajstić information content (AvgIpc) is 2.49. The fourth-order valence-corrected chi connectivity index (χ4v) is 2.02. The quantitative estimate of drug-likeness (QED) is 0.786. The van der Waals surface area contributed by atoms with Crippen molar-refractivity contribution >= 4 is 0 Å². The molecular formula is C13H21N3. The summed E-state index contributed by atoms with van der Waals surface area (Å²) < 4.78 is 1.94. The van der Waals surface area contributed by atoms with Crippen molar-refractivity contribution < 1.29 is 0 Å². The molecule has 3 nitrogen and oxygen atoms in total. The summed E-state index contributed by atoms with van der Waals surface area (Å²) in [6.45, 7) is 9.12. The molecule has 1 aromatic rings. The molecule has 88 valence electrons. The van der Waals surface area contributed by atoms with Crippen LogP contribution in [0.15, 0.2) is 0 Å². The normalized spacial score (nSPS) is 12.1. The van der Waals surface area contributed by atoms with Gasteiger partial charge in [-0.15, -0.1) is 11.8 Å². The van der Waals surface area contributed by atoms with Crippen molar-refractivity contribution in [3.8, 4) is 11.8 Å². The van der Waals surface area contributed by atoms with Crippen LogP contribution in [0.25, 0.3) is 0 Å². The molecule has 16 heavy (non-hydrogen) atoms. The Balaban J connectivity index is 3.02. The van der Waals surface area contributed by atoms with Crippen molar-refractivity contribution in [2.45, 2.75) is 40.2 Å². The average molecular weight is 219 g/mol. The van der Waals surface area contributed by atoms with Gasteiger partial charge in [0.2, 0.25) is 0 Å². The molecule has 0 aliphatic carbocycles. The Morgan fingerprint density at radius 2 is 2.12 bits per heavy atom. The minimum Gasteiger partial charge on any atom is -0.309 e. The lowest BCUT2D eigenvalue weighted by molar-refractivity contribution is 0.559. The Labute approximate surface area is 98.2 Å². The zero-order valence-corrected chi connectivity index (χ0v) is 10.9. The molecule has 3 heteroatoms. The van der Waals surface area contributed by atoms with E-state index < -0.39 is 0 Å². The zero-order valence-electron chi connectivity index (χ0n) is 10.9. The smallest absolute Gasteiger partial charge is 0.0644 e. The van der Waals surface area contributed by atoms with Gasteiger partial charge in [0.1, 0.15) is 0 Å². The van der Waals surface area contributed by atoms with E-state index in [0.717, 1.165) is 18.7 Å². The Hall–Kier alpha value is -1.27. The fourth-order valence-electron chi connectivity index (χ4n) is 2.02. The van der Waals surface area contributed by atoms with Crippen LogP contribution in [0.2, 0.25) is 0 Å². The second kappa shape index (κ2) is 5.72. The molecule has 0 spiro atoms. The fraction of sp³-hybridized carbons (Fsp3) is 0.615. The first kappa shape index (κ1) is 12.8. The van der Waals surface area contributed by atoms with Crippen molar-refractivity contribution in [1.82, 2.24) is 15.1 Å². The number of nitrogens with zero attached hydrogens (tertiary/aromatic N) is 2. The van der Waals surface area contributed by atoms with Crippen LogP contribution in [0.5, 0.6) is 0 Å². The molecule has 1 N–H and O–H groups in total. The summed E-state index contributed by atoms with van der Waals surface area (Å²) in [4.78, 5) is 0. The third-order valence-corrected chi connectivity index (χ3v) is 2.85. The summed E-state index contributed by atoms with van der Waals surface area (Å²) in [6, 6.07) is 0.297. The maximum atomic E-state index is 4.45. The standard InChI is InChI=1S/C13H21N3/c1-6-8-9-12(14-7-2)13-10(3)15-16(5)11(13)4/h12,14H,7,9H2,1-5H3. The van der Waals surface area contributed by atoms with E-state index in [2.05, 4.69) is 43.0 Å². The van der Waals surface area contributed by atoms with Crippen LogP contribution in [0.4, 0.5) is 0 Å². The molecule has 1 atom stereocenters. The van der Waals surface area contributed by atoms with E-state index in [4.69, 9.17) is 0 Å². The van der Waals surface area contributed by atoms with Gasteiger partial charge in [-0.2, -0.15) is 5.10 Å². The second-order valence-corrected chi connectivity index (χ2v) is 3.95. The van der Waals surface area contributed by atoms with Gasteiger partial charge in [0, 0.05) is 30.8 Å². The summed E-state index contributed by atoms with van der Waals surface area (Å²) in [5, 5.41) is 7.92. The first-order valence-electron chi connectivity index (χ1n) is 5.74. The highest BCUT2D eigenvalue weighted by atomic mass is 15.3. The number of aryl methyl sites for hydroxylation is 2. The summed E-state index contributed by atoms with van der Waals surface area (Å²) in [6.07, 6.45) is 0.845. The van der Waals surface area contributed by atoms with E-state index in [1.165, 1.54) is 11.3 Å². The van der Waals surface area contributed by atoms with Crippen LogP contribution in [0, 0.1) is 25.7 Å². The van der Waals surface area contributed by atoms with Gasteiger partial charge in [-0.3, -0.25) is 4.68 Å². The van der Waals surface area contributed by atoms with Crippen LogP contribution in [-0.2, 0) is 7.05 Å². The van der Waals surface area contributed by atoms with Crippen molar-refractivity contribution in [1.29, 1.82) is 0 Å². The molecule has 1 rings (SSSR count). The molecule has 0 aliphatic heterocycles. The second-order valence-electron chi connectivity index (χ2n) is 3.95. The number of rotatable bonds is 4. The van der Waals surface area contributed by atoms with Crippen molar-refractivity contribution in [3.05, 3.63) is 17.0 Å². The highest BCUT2D eigenvalue weighted by Crippen LogP contribution is 2.23. The first-order valence-corrected chi connectivity index (χ1v) is 5.74. The Morgan fingerprint density at radius 1 is 1.44 bits per heavy atom. The van der Waals surface area contributed by atoms with E-state index in [1.54, 1.807) is 0 Å². The molecule has 0 aliphatic rings. The molecule has 0 fully saturated rings. The lowest BCUT2D eigenvalue weighted by atomic mass is 10.0. The van der Waals surface area contributed by atoms with Gasteiger partial charge in [0.05, 0.1) is 5.69 Å². The Bertz CT molecular complexity index is 407. The predicted octanol–water partition coefficient (Wildman–Crippen LogP) is 2.10. The first-order chi connectivity index (χ1) is 7.61. The van der Waals surface area contributed by atoms with Crippen LogP contribution < -0.4 is 5.32 Å². The number of hydrogen-bond acceptors (Lipinski definition) is 2. The summed E-state index contributed by atoms with van der Waals surface area (Å²) in [7, 11) is 1.99. The van der Waals surface area contributed by atoms with E-state index in [0.29, 0.717) is 6.04 Å². The molecule has 0 bridgehead atoms. The highest BCUT2D eigenvalue weighted by Gasteiger charge is 2.18. The Kier molecular flexibility index (Phi) is 4.57. The maximum Gasteiger partial charge on any atom is 0.0644 e. The van der Waals surface area contributed by atoms with E-state index in [1.807, 2.05) is 18.7 Å². The monoisotopic (exact) mass is 219 g/mol. The topological polar surface area (TPSA) is 29.9 Å². The highest BCUT2D eigenvalue weighted by molar-refractivity contribution is 5.29. The Morgan fingerprint density at radius 3 is 2.56 bits per heavy atom. The molecule has 0 aromatic carbocycles. The largest absolute Gasteiger partial charge is 0.309 e. The van der Waals surface area contributed by atoms with Crippen LogP contribution >= 0.6 is 0 Å². The molecule has 0 amide bonds. The van der Waals surface area contributed by atoms with Crippen molar-refractivity contribution in [2.75, 3.05) is 6.54 Å². The summed E-state index contributed by atoms with van der Waals surface area (Å²) in [5.41, 5.74) is 3.62. The van der Waals surface area contributed by atoms with Crippen molar-refractivity contribution in [2.24, 2.45) is 7.05 Å². The third-order valence-electron chi connectivity index (χ3n) is 2.85. The van der Waals surface area contributed by atoms with Gasteiger partial charge in [0.25, 0.3) is 0 Å². The lowest BCUT2D eigenvalue weighted by Crippen LogP contribution is -2.21. The van der Waals surface area contributed by atoms with Crippen LogP contribution in [0.1, 0.15) is 43.3 Å². The predicted molar refractivity (Wildman–Crippen MR) is 67.2 cm³/mol. The SMILES string of the molecule is CC#CCC(NCC)c1c(C)nn(C)c1C. The van der Waals surface area contributed by atoms with Gasteiger partial charge in [-0.25, -0.2) is 0 Å². The molecule has 0 radical (unpaired) electrons. The molecule has 1 unspecified atom stereocenters. The van der Waals surface area contributed by atoms with Gasteiger partial charge in [0.15, 0.2) is 0 Å². The summed E-state index contributed by atoms with van der Waals surface area (Å²) in [5.74, 6) is 6.10. The zero-order chi connectivity index (χ0) is 12.1.